The average molecular weight is 324 g/mol. The third kappa shape index (κ3) is 3.11. The Hall–Kier alpha value is -2.24. The molecule has 0 aliphatic carbocycles. The van der Waals surface area contributed by atoms with Crippen LogP contribution in [0.5, 0.6) is 0 Å². The van der Waals surface area contributed by atoms with Crippen molar-refractivity contribution >= 4 is 11.4 Å². The molecule has 1 aliphatic heterocycles. The monoisotopic (exact) mass is 324 g/mol. The molecule has 0 bridgehead atoms. The standard InChI is InChI=1S/C17H16F4N2/c18-13-2-1-11(7-14(13)19)10-3-5-23(6-4-10)17-15(20)8-12(22)9-16(17)21/h1-2,7-10H,3-6,22H2. The zero-order valence-electron chi connectivity index (χ0n) is 12.3. The number of hydrogen-bond donors (Lipinski definition) is 1. The zero-order chi connectivity index (χ0) is 16.6. The van der Waals surface area contributed by atoms with Gasteiger partial charge in [-0.2, -0.15) is 0 Å². The van der Waals surface area contributed by atoms with Crippen molar-refractivity contribution in [1.29, 1.82) is 0 Å². The lowest BCUT2D eigenvalue weighted by atomic mass is 9.89. The first-order valence-electron chi connectivity index (χ1n) is 7.40. The lowest BCUT2D eigenvalue weighted by Gasteiger charge is -2.34. The second kappa shape index (κ2) is 6.10. The van der Waals surface area contributed by atoms with Crippen molar-refractivity contribution in [2.45, 2.75) is 18.8 Å². The molecule has 2 aromatic rings. The first-order chi connectivity index (χ1) is 11.0. The van der Waals surface area contributed by atoms with Crippen molar-refractivity contribution in [2.75, 3.05) is 23.7 Å². The van der Waals surface area contributed by atoms with Gasteiger partial charge in [-0.3, -0.25) is 0 Å². The van der Waals surface area contributed by atoms with Crippen LogP contribution in [-0.4, -0.2) is 13.1 Å². The van der Waals surface area contributed by atoms with Crippen LogP contribution < -0.4 is 10.6 Å². The summed E-state index contributed by atoms with van der Waals surface area (Å²) in [5, 5.41) is 0. The van der Waals surface area contributed by atoms with Crippen molar-refractivity contribution in [3.8, 4) is 0 Å². The molecule has 0 amide bonds. The summed E-state index contributed by atoms with van der Waals surface area (Å²) in [7, 11) is 0. The van der Waals surface area contributed by atoms with E-state index in [-0.39, 0.29) is 17.3 Å². The lowest BCUT2D eigenvalue weighted by Crippen LogP contribution is -2.34. The molecule has 2 N–H and O–H groups in total. The van der Waals surface area contributed by atoms with E-state index in [0.717, 1.165) is 18.2 Å². The number of nitrogens with zero attached hydrogens (tertiary/aromatic N) is 1. The van der Waals surface area contributed by atoms with Gasteiger partial charge >= 0.3 is 0 Å². The Bertz CT molecular complexity index is 702. The molecule has 1 heterocycles. The number of nitrogen functional groups attached to an aromatic ring is 1. The van der Waals surface area contributed by atoms with E-state index in [0.29, 0.717) is 31.5 Å². The molecule has 6 heteroatoms. The summed E-state index contributed by atoms with van der Waals surface area (Å²) in [5.74, 6) is -3.08. The van der Waals surface area contributed by atoms with Crippen LogP contribution in [0.3, 0.4) is 0 Å². The molecule has 0 atom stereocenters. The summed E-state index contributed by atoms with van der Waals surface area (Å²) in [6.07, 6.45) is 1.21. The van der Waals surface area contributed by atoms with Crippen LogP contribution in [0.4, 0.5) is 28.9 Å². The number of hydrogen-bond acceptors (Lipinski definition) is 2. The van der Waals surface area contributed by atoms with Crippen molar-refractivity contribution in [1.82, 2.24) is 0 Å². The fourth-order valence-electron chi connectivity index (χ4n) is 3.09. The van der Waals surface area contributed by atoms with E-state index in [4.69, 9.17) is 5.73 Å². The molecule has 0 aromatic heterocycles. The number of rotatable bonds is 2. The molecule has 3 rings (SSSR count). The molecule has 2 nitrogen and oxygen atoms in total. The molecular formula is C17H16F4N2. The van der Waals surface area contributed by atoms with Gasteiger partial charge in [0.1, 0.15) is 5.69 Å². The van der Waals surface area contributed by atoms with Gasteiger partial charge in [0, 0.05) is 18.8 Å². The first kappa shape index (κ1) is 15.6. The molecule has 0 saturated carbocycles. The van der Waals surface area contributed by atoms with Crippen molar-refractivity contribution in [3.05, 3.63) is 59.2 Å². The van der Waals surface area contributed by atoms with Gasteiger partial charge in [-0.05, 0) is 48.6 Å². The van der Waals surface area contributed by atoms with E-state index >= 15 is 0 Å². The minimum Gasteiger partial charge on any atom is -0.399 e. The SMILES string of the molecule is Nc1cc(F)c(N2CCC(c3ccc(F)c(F)c3)CC2)c(F)c1. The summed E-state index contributed by atoms with van der Waals surface area (Å²) in [4.78, 5) is 1.63. The number of anilines is 2. The molecule has 1 saturated heterocycles. The van der Waals surface area contributed by atoms with Gasteiger partial charge in [-0.25, -0.2) is 17.6 Å². The van der Waals surface area contributed by atoms with Crippen LogP contribution in [0.15, 0.2) is 30.3 Å². The highest BCUT2D eigenvalue weighted by Gasteiger charge is 2.25. The number of nitrogens with two attached hydrogens (primary N) is 1. The Kier molecular flexibility index (Phi) is 4.15. The van der Waals surface area contributed by atoms with E-state index < -0.39 is 23.3 Å². The number of benzene rings is 2. The van der Waals surface area contributed by atoms with Gasteiger partial charge in [0.2, 0.25) is 0 Å². The maximum atomic E-state index is 14.0. The quantitative estimate of drug-likeness (QED) is 0.662. The van der Waals surface area contributed by atoms with E-state index in [1.165, 1.54) is 6.07 Å². The van der Waals surface area contributed by atoms with Crippen LogP contribution in [0.1, 0.15) is 24.3 Å². The van der Waals surface area contributed by atoms with Crippen LogP contribution in [0, 0.1) is 23.3 Å². The van der Waals surface area contributed by atoms with E-state index in [2.05, 4.69) is 0 Å². The van der Waals surface area contributed by atoms with Crippen LogP contribution in [0.2, 0.25) is 0 Å². The molecule has 2 aromatic carbocycles. The fourth-order valence-corrected chi connectivity index (χ4v) is 3.09. The van der Waals surface area contributed by atoms with E-state index in [1.54, 1.807) is 11.0 Å². The zero-order valence-corrected chi connectivity index (χ0v) is 12.3. The number of halogens is 4. The molecule has 0 spiro atoms. The lowest BCUT2D eigenvalue weighted by molar-refractivity contribution is 0.476. The maximum absolute atomic E-state index is 14.0. The Morgan fingerprint density at radius 1 is 0.826 bits per heavy atom. The second-order valence-corrected chi connectivity index (χ2v) is 5.77. The molecule has 1 aliphatic rings. The van der Waals surface area contributed by atoms with Crippen LogP contribution in [-0.2, 0) is 0 Å². The maximum Gasteiger partial charge on any atom is 0.159 e. The molecule has 1 fully saturated rings. The highest BCUT2D eigenvalue weighted by Crippen LogP contribution is 2.34. The van der Waals surface area contributed by atoms with E-state index in [9.17, 15) is 17.6 Å². The summed E-state index contributed by atoms with van der Waals surface area (Å²) in [5.41, 5.74) is 6.09. The summed E-state index contributed by atoms with van der Waals surface area (Å²) >= 11 is 0. The van der Waals surface area contributed by atoms with Crippen LogP contribution >= 0.6 is 0 Å². The molecular weight excluding hydrogens is 308 g/mol. The highest BCUT2D eigenvalue weighted by atomic mass is 19.2. The molecule has 0 unspecified atom stereocenters. The molecule has 122 valence electrons. The molecule has 23 heavy (non-hydrogen) atoms. The summed E-state index contributed by atoms with van der Waals surface area (Å²) < 4.78 is 54.2. The van der Waals surface area contributed by atoms with Crippen molar-refractivity contribution < 1.29 is 17.6 Å². The Balaban J connectivity index is 1.75. The number of piperidine rings is 1. The van der Waals surface area contributed by atoms with Gasteiger partial charge in [-0.1, -0.05) is 6.07 Å². The molecule has 0 radical (unpaired) electrons. The Labute approximate surface area is 131 Å². The topological polar surface area (TPSA) is 29.3 Å². The second-order valence-electron chi connectivity index (χ2n) is 5.77. The minimum absolute atomic E-state index is 0.0421. The smallest absolute Gasteiger partial charge is 0.159 e. The van der Waals surface area contributed by atoms with Crippen LogP contribution in [0.25, 0.3) is 0 Å². The average Bonchev–Trinajstić information content (AvgIpc) is 2.50. The van der Waals surface area contributed by atoms with Gasteiger partial charge in [0.05, 0.1) is 0 Å². The predicted molar refractivity (Wildman–Crippen MR) is 81.3 cm³/mol. The third-order valence-electron chi connectivity index (χ3n) is 4.27. The Morgan fingerprint density at radius 2 is 1.43 bits per heavy atom. The van der Waals surface area contributed by atoms with E-state index in [1.807, 2.05) is 0 Å². The van der Waals surface area contributed by atoms with Gasteiger partial charge < -0.3 is 10.6 Å². The van der Waals surface area contributed by atoms with Crippen molar-refractivity contribution in [2.24, 2.45) is 0 Å². The predicted octanol–water partition coefficient (Wildman–Crippen LogP) is 4.21. The first-order valence-corrected chi connectivity index (χ1v) is 7.40. The summed E-state index contributed by atoms with van der Waals surface area (Å²) in [6.45, 7) is 0.864. The van der Waals surface area contributed by atoms with Gasteiger partial charge in [-0.15, -0.1) is 0 Å². The third-order valence-corrected chi connectivity index (χ3v) is 4.27. The van der Waals surface area contributed by atoms with Gasteiger partial charge in [0.15, 0.2) is 23.3 Å². The largest absolute Gasteiger partial charge is 0.399 e. The van der Waals surface area contributed by atoms with Gasteiger partial charge in [0.25, 0.3) is 0 Å². The highest BCUT2D eigenvalue weighted by molar-refractivity contribution is 5.56. The minimum atomic E-state index is -0.878. The Morgan fingerprint density at radius 3 is 2.00 bits per heavy atom. The summed E-state index contributed by atoms with van der Waals surface area (Å²) in [6, 6.07) is 6.05. The fraction of sp³-hybridized carbons (Fsp3) is 0.294. The normalized spacial score (nSPS) is 15.9. The van der Waals surface area contributed by atoms with Crippen molar-refractivity contribution in [3.63, 3.8) is 0 Å².